The van der Waals surface area contributed by atoms with E-state index in [1.54, 1.807) is 0 Å². The molecule has 1 rings (SSSR count). The molecule has 2 nitrogen and oxygen atoms in total. The number of hydrogen-bond acceptors (Lipinski definition) is 2. The number of rotatable bonds is 0. The Kier molecular flexibility index (Phi) is 1.48. The molecule has 1 fully saturated rings. The maximum absolute atomic E-state index is 5.45. The fourth-order valence-electron chi connectivity index (χ4n) is 0.446. The number of nitrogens with two attached hydrogens (primary N) is 1. The molecule has 0 radical (unpaired) electrons. The normalized spacial score (nSPS) is 34.5. The molecular formula is C3H8N2Se. The molecule has 1 aliphatic heterocycles. The quantitative estimate of drug-likeness (QED) is 0.434. The van der Waals surface area contributed by atoms with E-state index in [-0.39, 0.29) is 0 Å². The Labute approximate surface area is 43.6 Å². The summed E-state index contributed by atoms with van der Waals surface area (Å²) in [6.45, 7) is 1.14. The van der Waals surface area contributed by atoms with Gasteiger partial charge in [0.05, 0.1) is 0 Å². The fraction of sp³-hybridized carbons (Fsp3) is 1.00. The first-order valence-corrected chi connectivity index (χ1v) is 4.20. The van der Waals surface area contributed by atoms with E-state index in [0.717, 1.165) is 6.54 Å². The van der Waals surface area contributed by atoms with E-state index >= 15 is 0 Å². The van der Waals surface area contributed by atoms with Gasteiger partial charge in [0.1, 0.15) is 0 Å². The summed E-state index contributed by atoms with van der Waals surface area (Å²) in [5, 5.41) is 4.80. The van der Waals surface area contributed by atoms with Crippen LogP contribution in [-0.4, -0.2) is 26.6 Å². The van der Waals surface area contributed by atoms with Crippen LogP contribution in [-0.2, 0) is 0 Å². The zero-order chi connectivity index (χ0) is 4.41. The second-order valence-electron chi connectivity index (χ2n) is 1.25. The van der Waals surface area contributed by atoms with Crippen molar-refractivity contribution in [2.75, 3.05) is 6.54 Å². The predicted molar refractivity (Wildman–Crippen MR) is 26.5 cm³/mol. The van der Waals surface area contributed by atoms with Crippen LogP contribution in [0.3, 0.4) is 0 Å². The van der Waals surface area contributed by atoms with Gasteiger partial charge >= 0.3 is 42.9 Å². The second-order valence-corrected chi connectivity index (χ2v) is 3.87. The van der Waals surface area contributed by atoms with Crippen molar-refractivity contribution in [2.45, 2.75) is 10.4 Å². The van der Waals surface area contributed by atoms with Crippen molar-refractivity contribution in [3.63, 3.8) is 0 Å². The van der Waals surface area contributed by atoms with Crippen LogP contribution in [0, 0.1) is 0 Å². The van der Waals surface area contributed by atoms with Crippen LogP contribution in [0.1, 0.15) is 0 Å². The molecular weight excluding hydrogens is 143 g/mol. The van der Waals surface area contributed by atoms with Gasteiger partial charge in [-0.25, -0.2) is 0 Å². The average molecular weight is 151 g/mol. The summed E-state index contributed by atoms with van der Waals surface area (Å²) in [6.07, 6.45) is 0. The Morgan fingerprint density at radius 1 is 1.83 bits per heavy atom. The van der Waals surface area contributed by atoms with Gasteiger partial charge in [-0.15, -0.1) is 0 Å². The second kappa shape index (κ2) is 1.94. The molecule has 36 valence electrons. The van der Waals surface area contributed by atoms with E-state index in [1.165, 1.54) is 5.32 Å². The first-order valence-electron chi connectivity index (χ1n) is 2.00. The third-order valence-electron chi connectivity index (χ3n) is 0.745. The Balaban J connectivity index is 2.18. The molecule has 1 aliphatic rings. The van der Waals surface area contributed by atoms with E-state index in [1.807, 2.05) is 0 Å². The standard InChI is InChI=1S/C3H8N2Se/c4-3-5-1-2-6-3/h3,5H,1-2,4H2. The van der Waals surface area contributed by atoms with E-state index in [4.69, 9.17) is 5.73 Å². The molecule has 1 heterocycles. The molecule has 3 N–H and O–H groups in total. The van der Waals surface area contributed by atoms with Crippen LogP contribution in [0.4, 0.5) is 0 Å². The van der Waals surface area contributed by atoms with Crippen molar-refractivity contribution in [3.8, 4) is 0 Å². The summed E-state index contributed by atoms with van der Waals surface area (Å²) < 4.78 is 0. The van der Waals surface area contributed by atoms with Gasteiger partial charge < -0.3 is 0 Å². The molecule has 0 aliphatic carbocycles. The van der Waals surface area contributed by atoms with E-state index in [9.17, 15) is 0 Å². The molecule has 0 aromatic carbocycles. The third-order valence-corrected chi connectivity index (χ3v) is 2.77. The zero-order valence-electron chi connectivity index (χ0n) is 3.48. The van der Waals surface area contributed by atoms with Crippen molar-refractivity contribution >= 4 is 15.0 Å². The van der Waals surface area contributed by atoms with Gasteiger partial charge in [0.15, 0.2) is 0 Å². The Morgan fingerprint density at radius 2 is 2.67 bits per heavy atom. The van der Waals surface area contributed by atoms with Crippen LogP contribution in [0.25, 0.3) is 0 Å². The van der Waals surface area contributed by atoms with Crippen LogP contribution >= 0.6 is 0 Å². The van der Waals surface area contributed by atoms with E-state index in [0.29, 0.717) is 20.0 Å². The molecule has 0 aromatic heterocycles. The predicted octanol–water partition coefficient (Wildman–Crippen LogP) is -1.05. The first-order chi connectivity index (χ1) is 2.89. The SMILES string of the molecule is NC1NCC[Se]1. The minimum absolute atomic E-state index is 0.359. The molecule has 0 amide bonds. The fourth-order valence-corrected chi connectivity index (χ4v) is 1.97. The van der Waals surface area contributed by atoms with Crippen LogP contribution in [0.15, 0.2) is 0 Å². The number of hydrogen-bond donors (Lipinski definition) is 2. The topological polar surface area (TPSA) is 38.0 Å². The van der Waals surface area contributed by atoms with Crippen LogP contribution in [0.5, 0.6) is 0 Å². The molecule has 1 saturated heterocycles. The summed E-state index contributed by atoms with van der Waals surface area (Å²) in [4.78, 5) is 0. The Morgan fingerprint density at radius 3 is 2.83 bits per heavy atom. The molecule has 0 aromatic rings. The van der Waals surface area contributed by atoms with E-state index in [2.05, 4.69) is 5.32 Å². The van der Waals surface area contributed by atoms with Gasteiger partial charge in [0.2, 0.25) is 0 Å². The van der Waals surface area contributed by atoms with Gasteiger partial charge in [0, 0.05) is 0 Å². The summed E-state index contributed by atoms with van der Waals surface area (Å²) in [6, 6.07) is 0. The molecule has 0 saturated carbocycles. The van der Waals surface area contributed by atoms with Crippen molar-refractivity contribution < 1.29 is 0 Å². The molecule has 1 unspecified atom stereocenters. The molecule has 0 bridgehead atoms. The Hall–Kier alpha value is 0.439. The van der Waals surface area contributed by atoms with Gasteiger partial charge in [0.25, 0.3) is 0 Å². The van der Waals surface area contributed by atoms with E-state index < -0.39 is 0 Å². The van der Waals surface area contributed by atoms with Gasteiger partial charge in [-0.3, -0.25) is 0 Å². The van der Waals surface area contributed by atoms with Crippen molar-refractivity contribution in [3.05, 3.63) is 0 Å². The third kappa shape index (κ3) is 0.949. The monoisotopic (exact) mass is 152 g/mol. The Bertz CT molecular complexity index is 42.1. The van der Waals surface area contributed by atoms with Gasteiger partial charge in [-0.1, -0.05) is 0 Å². The van der Waals surface area contributed by atoms with Crippen molar-refractivity contribution in [1.29, 1.82) is 0 Å². The summed E-state index contributed by atoms with van der Waals surface area (Å²) in [5.74, 6) is 0. The first kappa shape index (κ1) is 4.59. The minimum atomic E-state index is 0.359. The van der Waals surface area contributed by atoms with Crippen molar-refractivity contribution in [1.82, 2.24) is 5.32 Å². The summed E-state index contributed by atoms with van der Waals surface area (Å²) >= 11 is 0.694. The molecule has 1 atom stereocenters. The molecule has 6 heavy (non-hydrogen) atoms. The van der Waals surface area contributed by atoms with Gasteiger partial charge in [-0.2, -0.15) is 0 Å². The molecule has 3 heteroatoms. The zero-order valence-corrected chi connectivity index (χ0v) is 5.19. The maximum atomic E-state index is 5.45. The molecule has 0 spiro atoms. The number of nitrogens with one attached hydrogen (secondary N) is 1. The van der Waals surface area contributed by atoms with Crippen LogP contribution in [0.2, 0.25) is 5.32 Å². The summed E-state index contributed by atoms with van der Waals surface area (Å²) in [7, 11) is 0. The summed E-state index contributed by atoms with van der Waals surface area (Å²) in [5.41, 5.74) is 5.45. The van der Waals surface area contributed by atoms with Crippen molar-refractivity contribution in [2.24, 2.45) is 5.73 Å². The van der Waals surface area contributed by atoms with Crippen LogP contribution < -0.4 is 11.1 Å². The average Bonchev–Trinajstić information content (AvgIpc) is 1.86. The van der Waals surface area contributed by atoms with Gasteiger partial charge in [-0.05, 0) is 0 Å².